The molecule has 0 bridgehead atoms. The third-order valence-corrected chi connectivity index (χ3v) is 7.14. The SMILES string of the molecule is Cc1ccc(CN(CC(=O)NCc2ccco2)S(=O)(=O)c2c(C)cc(C)cc2C)cc1. The number of aryl methyl sites for hydroxylation is 4. The molecular formula is C24H28N2O4S. The van der Waals surface area contributed by atoms with E-state index in [9.17, 15) is 13.2 Å². The fourth-order valence-electron chi connectivity index (χ4n) is 3.64. The van der Waals surface area contributed by atoms with Gasteiger partial charge in [-0.2, -0.15) is 4.31 Å². The number of amides is 1. The van der Waals surface area contributed by atoms with Crippen LogP contribution >= 0.6 is 0 Å². The Morgan fingerprint density at radius 3 is 2.19 bits per heavy atom. The van der Waals surface area contributed by atoms with Crippen molar-refractivity contribution in [3.05, 3.63) is 88.4 Å². The van der Waals surface area contributed by atoms with Crippen molar-refractivity contribution in [3.8, 4) is 0 Å². The molecule has 3 aromatic rings. The maximum absolute atomic E-state index is 13.7. The zero-order valence-corrected chi connectivity index (χ0v) is 19.1. The number of rotatable bonds is 8. The summed E-state index contributed by atoms with van der Waals surface area (Å²) >= 11 is 0. The van der Waals surface area contributed by atoms with E-state index in [2.05, 4.69) is 5.32 Å². The Kier molecular flexibility index (Phi) is 6.97. The van der Waals surface area contributed by atoms with Crippen LogP contribution in [0.4, 0.5) is 0 Å². The molecule has 2 aromatic carbocycles. The normalized spacial score (nSPS) is 11.6. The van der Waals surface area contributed by atoms with Crippen LogP contribution in [0.5, 0.6) is 0 Å². The van der Waals surface area contributed by atoms with Gasteiger partial charge in [0, 0.05) is 6.54 Å². The highest BCUT2D eigenvalue weighted by molar-refractivity contribution is 7.89. The Labute approximate surface area is 183 Å². The van der Waals surface area contributed by atoms with Gasteiger partial charge in [0.1, 0.15) is 5.76 Å². The van der Waals surface area contributed by atoms with Crippen molar-refractivity contribution in [2.24, 2.45) is 0 Å². The zero-order valence-electron chi connectivity index (χ0n) is 18.3. The van der Waals surface area contributed by atoms with Crippen LogP contribution in [0, 0.1) is 27.7 Å². The molecule has 0 saturated heterocycles. The number of carbonyl (C=O) groups is 1. The van der Waals surface area contributed by atoms with E-state index in [-0.39, 0.29) is 24.5 Å². The zero-order chi connectivity index (χ0) is 22.6. The average Bonchev–Trinajstić information content (AvgIpc) is 3.20. The second-order valence-electron chi connectivity index (χ2n) is 7.84. The molecular weight excluding hydrogens is 412 g/mol. The lowest BCUT2D eigenvalue weighted by atomic mass is 10.1. The largest absolute Gasteiger partial charge is 0.467 e. The van der Waals surface area contributed by atoms with Gasteiger partial charge < -0.3 is 9.73 Å². The van der Waals surface area contributed by atoms with E-state index in [4.69, 9.17) is 4.42 Å². The minimum atomic E-state index is -3.91. The van der Waals surface area contributed by atoms with Gasteiger partial charge in [0.2, 0.25) is 15.9 Å². The number of carbonyl (C=O) groups excluding carboxylic acids is 1. The molecule has 0 aliphatic rings. The summed E-state index contributed by atoms with van der Waals surface area (Å²) in [5, 5.41) is 2.73. The lowest BCUT2D eigenvalue weighted by molar-refractivity contribution is -0.121. The van der Waals surface area contributed by atoms with Gasteiger partial charge in [-0.25, -0.2) is 8.42 Å². The third kappa shape index (κ3) is 5.62. The van der Waals surface area contributed by atoms with E-state index < -0.39 is 15.9 Å². The standard InChI is InChI=1S/C24H28N2O4S/c1-17-7-9-21(10-8-17)15-26(16-23(27)25-14-22-6-5-11-30-22)31(28,29)24-19(3)12-18(2)13-20(24)4/h5-13H,14-16H2,1-4H3,(H,25,27). The van der Waals surface area contributed by atoms with E-state index in [0.717, 1.165) is 16.7 Å². The number of nitrogens with zero attached hydrogens (tertiary/aromatic N) is 1. The number of sulfonamides is 1. The first kappa shape index (κ1) is 22.8. The number of furan rings is 1. The Balaban J connectivity index is 1.90. The molecule has 164 valence electrons. The van der Waals surface area contributed by atoms with Gasteiger partial charge in [-0.3, -0.25) is 4.79 Å². The molecule has 1 amide bonds. The van der Waals surface area contributed by atoms with E-state index in [0.29, 0.717) is 16.9 Å². The molecule has 0 fully saturated rings. The molecule has 0 spiro atoms. The number of hydrogen-bond acceptors (Lipinski definition) is 4. The molecule has 1 heterocycles. The smallest absolute Gasteiger partial charge is 0.244 e. The predicted molar refractivity (Wildman–Crippen MR) is 120 cm³/mol. The minimum Gasteiger partial charge on any atom is -0.467 e. The van der Waals surface area contributed by atoms with E-state index in [1.54, 1.807) is 26.0 Å². The summed E-state index contributed by atoms with van der Waals surface area (Å²) < 4.78 is 33.8. The number of hydrogen-bond donors (Lipinski definition) is 1. The Hall–Kier alpha value is -2.90. The molecule has 6 nitrogen and oxygen atoms in total. The van der Waals surface area contributed by atoms with Gasteiger partial charge in [0.05, 0.1) is 24.2 Å². The van der Waals surface area contributed by atoms with Crippen molar-refractivity contribution >= 4 is 15.9 Å². The number of nitrogens with one attached hydrogen (secondary N) is 1. The summed E-state index contributed by atoms with van der Waals surface area (Å²) in [5.41, 5.74) is 4.23. The Morgan fingerprint density at radius 1 is 0.968 bits per heavy atom. The van der Waals surface area contributed by atoms with Crippen molar-refractivity contribution in [2.45, 2.75) is 45.7 Å². The van der Waals surface area contributed by atoms with Gasteiger partial charge in [-0.1, -0.05) is 47.5 Å². The van der Waals surface area contributed by atoms with Gasteiger partial charge >= 0.3 is 0 Å². The summed E-state index contributed by atoms with van der Waals surface area (Å²) in [6, 6.07) is 14.8. The van der Waals surface area contributed by atoms with Gasteiger partial charge in [-0.15, -0.1) is 0 Å². The van der Waals surface area contributed by atoms with E-state index >= 15 is 0 Å². The second-order valence-corrected chi connectivity index (χ2v) is 9.72. The maximum atomic E-state index is 13.7. The molecule has 0 aliphatic heterocycles. The van der Waals surface area contributed by atoms with Crippen molar-refractivity contribution < 1.29 is 17.6 Å². The monoisotopic (exact) mass is 440 g/mol. The van der Waals surface area contributed by atoms with Crippen LogP contribution in [-0.4, -0.2) is 25.2 Å². The Morgan fingerprint density at radius 2 is 1.61 bits per heavy atom. The highest BCUT2D eigenvalue weighted by Gasteiger charge is 2.30. The molecule has 0 aliphatic carbocycles. The first-order valence-electron chi connectivity index (χ1n) is 10.1. The predicted octanol–water partition coefficient (Wildman–Crippen LogP) is 4.02. The molecule has 0 atom stereocenters. The third-order valence-electron chi connectivity index (χ3n) is 5.04. The van der Waals surface area contributed by atoms with Crippen LogP contribution in [0.15, 0.2) is 64.1 Å². The second kappa shape index (κ2) is 9.49. The molecule has 0 saturated carbocycles. The lowest BCUT2D eigenvalue weighted by Crippen LogP contribution is -2.40. The molecule has 0 radical (unpaired) electrons. The summed E-state index contributed by atoms with van der Waals surface area (Å²) in [6.45, 7) is 7.49. The molecule has 0 unspecified atom stereocenters. The summed E-state index contributed by atoms with van der Waals surface area (Å²) in [7, 11) is -3.91. The van der Waals surface area contributed by atoms with Crippen LogP contribution in [0.2, 0.25) is 0 Å². The van der Waals surface area contributed by atoms with E-state index in [1.165, 1.54) is 10.6 Å². The molecule has 1 aromatic heterocycles. The van der Waals surface area contributed by atoms with Crippen molar-refractivity contribution in [2.75, 3.05) is 6.54 Å². The average molecular weight is 441 g/mol. The topological polar surface area (TPSA) is 79.6 Å². The van der Waals surface area contributed by atoms with Crippen molar-refractivity contribution in [1.82, 2.24) is 9.62 Å². The summed E-state index contributed by atoms with van der Waals surface area (Å²) in [5.74, 6) is 0.209. The summed E-state index contributed by atoms with van der Waals surface area (Å²) in [6.07, 6.45) is 1.53. The first-order valence-corrected chi connectivity index (χ1v) is 11.5. The van der Waals surface area contributed by atoms with Crippen LogP contribution in [0.3, 0.4) is 0 Å². The van der Waals surface area contributed by atoms with E-state index in [1.807, 2.05) is 50.2 Å². The van der Waals surface area contributed by atoms with Crippen LogP contribution in [0.25, 0.3) is 0 Å². The first-order chi connectivity index (χ1) is 14.7. The Bertz CT molecular complexity index is 1130. The van der Waals surface area contributed by atoms with Crippen LogP contribution in [-0.2, 0) is 27.9 Å². The van der Waals surface area contributed by atoms with Crippen molar-refractivity contribution in [1.29, 1.82) is 0 Å². The van der Waals surface area contributed by atoms with Crippen LogP contribution < -0.4 is 5.32 Å². The van der Waals surface area contributed by atoms with Crippen molar-refractivity contribution in [3.63, 3.8) is 0 Å². The number of benzene rings is 2. The molecule has 31 heavy (non-hydrogen) atoms. The quantitative estimate of drug-likeness (QED) is 0.574. The summed E-state index contributed by atoms with van der Waals surface area (Å²) in [4.78, 5) is 12.9. The van der Waals surface area contributed by atoms with Gasteiger partial charge in [0.25, 0.3) is 0 Å². The lowest BCUT2D eigenvalue weighted by Gasteiger charge is -2.24. The van der Waals surface area contributed by atoms with Crippen LogP contribution in [0.1, 0.15) is 33.6 Å². The molecule has 3 rings (SSSR count). The highest BCUT2D eigenvalue weighted by atomic mass is 32.2. The fourth-order valence-corrected chi connectivity index (χ4v) is 5.44. The van der Waals surface area contributed by atoms with Gasteiger partial charge in [0.15, 0.2) is 0 Å². The maximum Gasteiger partial charge on any atom is 0.244 e. The molecule has 1 N–H and O–H groups in total. The molecule has 7 heteroatoms. The van der Waals surface area contributed by atoms with Gasteiger partial charge in [-0.05, 0) is 56.5 Å². The highest BCUT2D eigenvalue weighted by Crippen LogP contribution is 2.26. The fraction of sp³-hybridized carbons (Fsp3) is 0.292. The minimum absolute atomic E-state index is 0.101.